The van der Waals surface area contributed by atoms with Gasteiger partial charge in [0.1, 0.15) is 6.23 Å². The number of nitrogens with one attached hydrogen (secondary N) is 1. The predicted molar refractivity (Wildman–Crippen MR) is 66.7 cm³/mol. The van der Waals surface area contributed by atoms with Crippen LogP contribution in [0.1, 0.15) is 12.6 Å². The van der Waals surface area contributed by atoms with E-state index < -0.39 is 18.4 Å². The number of aliphatic hydroxyl groups excluding tert-OH is 1. The highest BCUT2D eigenvalue weighted by molar-refractivity contribution is 5.68. The molecule has 20 heavy (non-hydrogen) atoms. The second-order valence-electron chi connectivity index (χ2n) is 4.38. The third-order valence-electron chi connectivity index (χ3n) is 3.26. The molecule has 1 aliphatic heterocycles. The molecule has 10 nitrogen and oxygen atoms in total. The average Bonchev–Trinajstić information content (AvgIpc) is 3.03. The summed E-state index contributed by atoms with van der Waals surface area (Å²) in [4.78, 5) is 24.8. The molecule has 1 saturated heterocycles. The predicted octanol–water partition coefficient (Wildman–Crippen LogP) is 0.0783. The Labute approximate surface area is 111 Å². The number of hydrogen-bond acceptors (Lipinski definition) is 6. The van der Waals surface area contributed by atoms with Crippen LogP contribution in [0.4, 0.5) is 0 Å². The van der Waals surface area contributed by atoms with Crippen molar-refractivity contribution in [3.63, 3.8) is 0 Å². The molecule has 3 rings (SSSR count). The van der Waals surface area contributed by atoms with Crippen molar-refractivity contribution in [2.24, 2.45) is 5.11 Å². The number of aromatic nitrogens is 4. The van der Waals surface area contributed by atoms with Crippen molar-refractivity contribution in [2.75, 3.05) is 6.61 Å². The summed E-state index contributed by atoms with van der Waals surface area (Å²) in [5.41, 5.74) is 8.77. The number of H-pyrrole nitrogens is 1. The van der Waals surface area contributed by atoms with Crippen molar-refractivity contribution in [2.45, 2.75) is 24.8 Å². The van der Waals surface area contributed by atoms with E-state index in [9.17, 15) is 9.90 Å². The van der Waals surface area contributed by atoms with E-state index >= 15 is 0 Å². The Morgan fingerprint density at radius 1 is 1.65 bits per heavy atom. The molecule has 0 saturated carbocycles. The van der Waals surface area contributed by atoms with Crippen LogP contribution in [0, 0.1) is 0 Å². The number of nitrogens with zero attached hydrogens (tertiary/aromatic N) is 6. The number of hydrogen-bond donors (Lipinski definition) is 2. The number of imidazole rings is 1. The highest BCUT2D eigenvalue weighted by Crippen LogP contribution is 2.31. The molecule has 104 valence electrons. The molecule has 3 heterocycles. The zero-order valence-electron chi connectivity index (χ0n) is 10.2. The molecule has 2 aromatic rings. The number of aliphatic hydroxyl groups is 1. The van der Waals surface area contributed by atoms with E-state index in [1.807, 2.05) is 0 Å². The molecular formula is C10H11N7O3. The molecule has 1 fully saturated rings. The molecule has 0 unspecified atom stereocenters. The normalized spacial score (nSPS) is 25.8. The molecule has 0 spiro atoms. The van der Waals surface area contributed by atoms with Gasteiger partial charge in [-0.15, -0.1) is 0 Å². The van der Waals surface area contributed by atoms with Gasteiger partial charge in [0.2, 0.25) is 0 Å². The van der Waals surface area contributed by atoms with E-state index in [1.165, 1.54) is 12.7 Å². The Bertz CT molecular complexity index is 732. The molecule has 10 heteroatoms. The lowest BCUT2D eigenvalue weighted by molar-refractivity contribution is -0.0233. The van der Waals surface area contributed by atoms with Crippen molar-refractivity contribution >= 4 is 11.2 Å². The zero-order valence-corrected chi connectivity index (χ0v) is 10.2. The van der Waals surface area contributed by atoms with Crippen LogP contribution in [0.2, 0.25) is 0 Å². The van der Waals surface area contributed by atoms with Gasteiger partial charge in [-0.1, -0.05) is 5.11 Å². The number of rotatable bonds is 3. The fraction of sp³-hybridized carbons (Fsp3) is 0.500. The Morgan fingerprint density at radius 3 is 3.25 bits per heavy atom. The quantitative estimate of drug-likeness (QED) is 0.464. The van der Waals surface area contributed by atoms with Gasteiger partial charge in [-0.25, -0.2) is 9.97 Å². The van der Waals surface area contributed by atoms with E-state index in [0.29, 0.717) is 12.1 Å². The summed E-state index contributed by atoms with van der Waals surface area (Å²) in [6.07, 6.45) is 2.06. The molecule has 1 aliphatic rings. The van der Waals surface area contributed by atoms with Crippen LogP contribution in [0.15, 0.2) is 22.6 Å². The monoisotopic (exact) mass is 277 g/mol. The van der Waals surface area contributed by atoms with Crippen LogP contribution in [0.25, 0.3) is 21.6 Å². The number of aromatic amines is 1. The third-order valence-corrected chi connectivity index (χ3v) is 3.26. The minimum absolute atomic E-state index is 0.212. The van der Waals surface area contributed by atoms with Crippen molar-refractivity contribution < 1.29 is 9.84 Å². The SMILES string of the molecule is [N-]=[N+]=N[C@H]1C[C@H](n2cnc3c(=O)[nH]cnc32)O[C@@H]1CO. The minimum atomic E-state index is -0.574. The molecule has 0 aromatic carbocycles. The van der Waals surface area contributed by atoms with Crippen LogP contribution in [-0.2, 0) is 4.74 Å². The minimum Gasteiger partial charge on any atom is -0.394 e. The van der Waals surface area contributed by atoms with E-state index in [1.54, 1.807) is 4.57 Å². The van der Waals surface area contributed by atoms with Gasteiger partial charge in [-0.3, -0.25) is 9.36 Å². The lowest BCUT2D eigenvalue weighted by Crippen LogP contribution is -2.22. The van der Waals surface area contributed by atoms with E-state index in [0.717, 1.165) is 0 Å². The smallest absolute Gasteiger partial charge is 0.278 e. The van der Waals surface area contributed by atoms with Gasteiger partial charge in [0.15, 0.2) is 11.2 Å². The largest absolute Gasteiger partial charge is 0.394 e. The Morgan fingerprint density at radius 2 is 2.50 bits per heavy atom. The summed E-state index contributed by atoms with van der Waals surface area (Å²) >= 11 is 0. The molecule has 3 atom stereocenters. The summed E-state index contributed by atoms with van der Waals surface area (Å²) in [7, 11) is 0. The summed E-state index contributed by atoms with van der Waals surface area (Å²) in [6, 6.07) is -0.463. The van der Waals surface area contributed by atoms with E-state index in [4.69, 9.17) is 10.3 Å². The Kier molecular flexibility index (Phi) is 3.11. The van der Waals surface area contributed by atoms with Crippen LogP contribution in [-0.4, -0.2) is 43.4 Å². The first-order chi connectivity index (χ1) is 9.74. The van der Waals surface area contributed by atoms with Crippen LogP contribution in [0.5, 0.6) is 0 Å². The van der Waals surface area contributed by atoms with Gasteiger partial charge in [0.25, 0.3) is 5.56 Å². The summed E-state index contributed by atoms with van der Waals surface area (Å²) in [6.45, 7) is -0.249. The summed E-state index contributed by atoms with van der Waals surface area (Å²) < 4.78 is 7.22. The fourth-order valence-corrected chi connectivity index (χ4v) is 2.31. The van der Waals surface area contributed by atoms with Crippen LogP contribution < -0.4 is 5.56 Å². The van der Waals surface area contributed by atoms with Gasteiger partial charge in [-0.2, -0.15) is 0 Å². The van der Waals surface area contributed by atoms with Crippen LogP contribution >= 0.6 is 0 Å². The number of azide groups is 1. The van der Waals surface area contributed by atoms with Crippen molar-refractivity contribution in [1.29, 1.82) is 0 Å². The van der Waals surface area contributed by atoms with Gasteiger partial charge in [-0.05, 0) is 5.53 Å². The third kappa shape index (κ3) is 1.92. The maximum atomic E-state index is 11.6. The lowest BCUT2D eigenvalue weighted by Gasteiger charge is -2.13. The molecule has 2 aromatic heterocycles. The summed E-state index contributed by atoms with van der Waals surface area (Å²) in [5, 5.41) is 12.8. The Hall–Kier alpha value is -2.42. The molecule has 2 N–H and O–H groups in total. The fourth-order valence-electron chi connectivity index (χ4n) is 2.31. The second kappa shape index (κ2) is 4.93. The van der Waals surface area contributed by atoms with Crippen molar-refractivity contribution in [3.05, 3.63) is 33.5 Å². The molecular weight excluding hydrogens is 266 g/mol. The van der Waals surface area contributed by atoms with Crippen LogP contribution in [0.3, 0.4) is 0 Å². The first-order valence-corrected chi connectivity index (χ1v) is 5.95. The molecule has 0 bridgehead atoms. The van der Waals surface area contributed by atoms with Gasteiger partial charge in [0.05, 0.1) is 31.4 Å². The lowest BCUT2D eigenvalue weighted by atomic mass is 10.1. The molecule has 0 radical (unpaired) electrons. The maximum Gasteiger partial charge on any atom is 0.278 e. The number of fused-ring (bicyclic) bond motifs is 1. The van der Waals surface area contributed by atoms with Gasteiger partial charge in [0, 0.05) is 11.3 Å². The highest BCUT2D eigenvalue weighted by Gasteiger charge is 2.36. The Balaban J connectivity index is 1.98. The topological polar surface area (TPSA) is 142 Å². The molecule has 0 amide bonds. The van der Waals surface area contributed by atoms with E-state index in [2.05, 4.69) is 25.0 Å². The first kappa shape index (κ1) is 12.6. The van der Waals surface area contributed by atoms with E-state index in [-0.39, 0.29) is 17.7 Å². The van der Waals surface area contributed by atoms with Gasteiger partial charge < -0.3 is 14.8 Å². The van der Waals surface area contributed by atoms with Crippen molar-refractivity contribution in [1.82, 2.24) is 19.5 Å². The summed E-state index contributed by atoms with van der Waals surface area (Å²) in [5.74, 6) is 0. The first-order valence-electron chi connectivity index (χ1n) is 5.95. The standard InChI is InChI=1S/C10H11N7O3/c11-16-15-5-1-7(20-6(5)2-18)17-4-14-8-9(17)12-3-13-10(8)19/h3-7,18H,1-2H2,(H,12,13,19)/t5-,6+,7+/m0/s1. The highest BCUT2D eigenvalue weighted by atomic mass is 16.5. The average molecular weight is 277 g/mol. The maximum absolute atomic E-state index is 11.6. The zero-order chi connectivity index (χ0) is 14.1. The molecule has 0 aliphatic carbocycles. The van der Waals surface area contributed by atoms with Gasteiger partial charge >= 0.3 is 0 Å². The number of ether oxygens (including phenoxy) is 1. The second-order valence-corrected chi connectivity index (χ2v) is 4.38. The van der Waals surface area contributed by atoms with Crippen molar-refractivity contribution in [3.8, 4) is 0 Å².